The first kappa shape index (κ1) is 25.8. The van der Waals surface area contributed by atoms with E-state index in [0.29, 0.717) is 30.3 Å². The van der Waals surface area contributed by atoms with Crippen LogP contribution in [0.25, 0.3) is 16.8 Å². The van der Waals surface area contributed by atoms with E-state index in [1.807, 2.05) is 25.1 Å². The standard InChI is InChI=1S/C30H23ClFNO4S/c1-2-36-27-15-19(11-13-26(27)37-18-20-10-12-21-6-3-4-7-22(21)14-20)16-28-29(34)33(30(35)38-28)17-23-24(31)8-5-9-25(23)32/h3-16H,2,17-18H2,1H3/b28-16+. The number of carbonyl (C=O) groups excluding carboxylic acids is 2. The fraction of sp³-hybridized carbons (Fsp3) is 0.133. The first-order valence-corrected chi connectivity index (χ1v) is 13.2. The van der Waals surface area contributed by atoms with E-state index < -0.39 is 17.0 Å². The summed E-state index contributed by atoms with van der Waals surface area (Å²) in [6.45, 7) is 2.43. The van der Waals surface area contributed by atoms with Crippen molar-refractivity contribution in [1.82, 2.24) is 4.90 Å². The van der Waals surface area contributed by atoms with Gasteiger partial charge in [0.25, 0.3) is 11.1 Å². The molecule has 192 valence electrons. The van der Waals surface area contributed by atoms with Crippen LogP contribution in [0.3, 0.4) is 0 Å². The molecule has 0 spiro atoms. The molecular formula is C30H23ClFNO4S. The Morgan fingerprint density at radius 2 is 1.74 bits per heavy atom. The zero-order valence-corrected chi connectivity index (χ0v) is 22.0. The van der Waals surface area contributed by atoms with Gasteiger partial charge in [0.2, 0.25) is 0 Å². The summed E-state index contributed by atoms with van der Waals surface area (Å²) in [5.41, 5.74) is 1.80. The monoisotopic (exact) mass is 547 g/mol. The van der Waals surface area contributed by atoms with Gasteiger partial charge in [-0.15, -0.1) is 0 Å². The number of hydrogen-bond donors (Lipinski definition) is 0. The lowest BCUT2D eigenvalue weighted by molar-refractivity contribution is -0.123. The Kier molecular flexibility index (Phi) is 7.67. The molecule has 0 bridgehead atoms. The van der Waals surface area contributed by atoms with Crippen LogP contribution in [0.15, 0.2) is 83.8 Å². The van der Waals surface area contributed by atoms with Crippen molar-refractivity contribution in [3.63, 3.8) is 0 Å². The average molecular weight is 548 g/mol. The number of benzene rings is 4. The molecule has 8 heteroatoms. The highest BCUT2D eigenvalue weighted by Gasteiger charge is 2.36. The molecule has 0 aromatic heterocycles. The van der Waals surface area contributed by atoms with Crippen LogP contribution in [0.2, 0.25) is 5.02 Å². The van der Waals surface area contributed by atoms with E-state index in [-0.39, 0.29) is 22.0 Å². The zero-order valence-electron chi connectivity index (χ0n) is 20.4. The first-order chi connectivity index (χ1) is 18.4. The van der Waals surface area contributed by atoms with Gasteiger partial charge >= 0.3 is 0 Å². The quantitative estimate of drug-likeness (QED) is 0.210. The molecule has 1 fully saturated rings. The van der Waals surface area contributed by atoms with Crippen molar-refractivity contribution in [2.24, 2.45) is 0 Å². The van der Waals surface area contributed by atoms with Crippen LogP contribution in [-0.2, 0) is 17.9 Å². The number of hydrogen-bond acceptors (Lipinski definition) is 5. The van der Waals surface area contributed by atoms with Gasteiger partial charge in [0, 0.05) is 10.6 Å². The van der Waals surface area contributed by atoms with Crippen molar-refractivity contribution < 1.29 is 23.5 Å². The van der Waals surface area contributed by atoms with Gasteiger partial charge in [0.1, 0.15) is 12.4 Å². The number of carbonyl (C=O) groups is 2. The molecule has 5 rings (SSSR count). The largest absolute Gasteiger partial charge is 0.490 e. The van der Waals surface area contributed by atoms with Crippen LogP contribution in [-0.4, -0.2) is 22.7 Å². The molecule has 0 radical (unpaired) electrons. The van der Waals surface area contributed by atoms with Crippen molar-refractivity contribution in [3.8, 4) is 11.5 Å². The average Bonchev–Trinajstić information content (AvgIpc) is 3.17. The summed E-state index contributed by atoms with van der Waals surface area (Å²) < 4.78 is 26.1. The highest BCUT2D eigenvalue weighted by atomic mass is 35.5. The molecular weight excluding hydrogens is 525 g/mol. The second kappa shape index (κ2) is 11.3. The summed E-state index contributed by atoms with van der Waals surface area (Å²) in [6.07, 6.45) is 1.61. The topological polar surface area (TPSA) is 55.8 Å². The van der Waals surface area contributed by atoms with Gasteiger partial charge in [0.15, 0.2) is 11.5 Å². The number of thioether (sulfide) groups is 1. The Labute approximate surface area is 228 Å². The molecule has 1 saturated heterocycles. The Bertz CT molecular complexity index is 1550. The van der Waals surface area contributed by atoms with E-state index >= 15 is 0 Å². The predicted octanol–water partition coefficient (Wildman–Crippen LogP) is 7.85. The zero-order chi connectivity index (χ0) is 26.6. The van der Waals surface area contributed by atoms with Crippen LogP contribution in [0.5, 0.6) is 11.5 Å². The van der Waals surface area contributed by atoms with Crippen LogP contribution in [0.1, 0.15) is 23.6 Å². The lowest BCUT2D eigenvalue weighted by Gasteiger charge is -2.14. The maximum Gasteiger partial charge on any atom is 0.293 e. The minimum Gasteiger partial charge on any atom is -0.490 e. The second-order valence-electron chi connectivity index (χ2n) is 8.58. The van der Waals surface area contributed by atoms with Crippen LogP contribution >= 0.6 is 23.4 Å². The number of nitrogens with zero attached hydrogens (tertiary/aromatic N) is 1. The molecule has 4 aromatic carbocycles. The minimum absolute atomic E-state index is 0.101. The molecule has 1 aliphatic heterocycles. The number of imide groups is 1. The van der Waals surface area contributed by atoms with Gasteiger partial charge < -0.3 is 9.47 Å². The molecule has 0 N–H and O–H groups in total. The van der Waals surface area contributed by atoms with Gasteiger partial charge in [-0.05, 0) is 77.0 Å². The summed E-state index contributed by atoms with van der Waals surface area (Å²) >= 11 is 6.89. The SMILES string of the molecule is CCOc1cc(/C=C2/SC(=O)N(Cc3c(F)cccc3Cl)C2=O)ccc1OCc1ccc2ccccc2c1. The molecule has 0 atom stereocenters. The number of rotatable bonds is 8. The smallest absolute Gasteiger partial charge is 0.293 e. The van der Waals surface area contributed by atoms with E-state index in [1.54, 1.807) is 24.3 Å². The van der Waals surface area contributed by atoms with E-state index in [1.165, 1.54) is 18.2 Å². The van der Waals surface area contributed by atoms with Gasteiger partial charge in [-0.2, -0.15) is 0 Å². The van der Waals surface area contributed by atoms with E-state index in [4.69, 9.17) is 21.1 Å². The van der Waals surface area contributed by atoms with E-state index in [0.717, 1.165) is 33.0 Å². The summed E-state index contributed by atoms with van der Waals surface area (Å²) in [5.74, 6) is 0.0222. The van der Waals surface area contributed by atoms with Crippen molar-refractivity contribution in [1.29, 1.82) is 0 Å². The molecule has 4 aromatic rings. The maximum absolute atomic E-state index is 14.2. The second-order valence-corrected chi connectivity index (χ2v) is 9.98. The molecule has 0 saturated carbocycles. The third-order valence-corrected chi connectivity index (χ3v) is 7.29. The van der Waals surface area contributed by atoms with Gasteiger partial charge in [0.05, 0.1) is 18.1 Å². The highest BCUT2D eigenvalue weighted by Crippen LogP contribution is 2.36. The van der Waals surface area contributed by atoms with E-state index in [2.05, 4.69) is 24.3 Å². The summed E-state index contributed by atoms with van der Waals surface area (Å²) in [4.78, 5) is 26.7. The summed E-state index contributed by atoms with van der Waals surface area (Å²) in [6, 6.07) is 23.9. The number of amides is 2. The fourth-order valence-corrected chi connectivity index (χ4v) is 5.18. The summed E-state index contributed by atoms with van der Waals surface area (Å²) in [7, 11) is 0. The molecule has 2 amide bonds. The van der Waals surface area contributed by atoms with Crippen molar-refractivity contribution in [3.05, 3.63) is 111 Å². The van der Waals surface area contributed by atoms with Crippen molar-refractivity contribution in [2.75, 3.05) is 6.61 Å². The van der Waals surface area contributed by atoms with Crippen molar-refractivity contribution in [2.45, 2.75) is 20.1 Å². The number of fused-ring (bicyclic) bond motifs is 1. The predicted molar refractivity (Wildman–Crippen MR) is 149 cm³/mol. The van der Waals surface area contributed by atoms with Crippen molar-refractivity contribution >= 4 is 51.4 Å². The summed E-state index contributed by atoms with van der Waals surface area (Å²) in [5, 5.41) is 1.98. The lowest BCUT2D eigenvalue weighted by atomic mass is 10.1. The van der Waals surface area contributed by atoms with Crippen LogP contribution in [0, 0.1) is 5.82 Å². The molecule has 0 aliphatic carbocycles. The fourth-order valence-electron chi connectivity index (χ4n) is 4.12. The first-order valence-electron chi connectivity index (χ1n) is 12.0. The Hall–Kier alpha value is -3.81. The molecule has 1 heterocycles. The number of ether oxygens (including phenoxy) is 2. The molecule has 0 unspecified atom stereocenters. The van der Waals surface area contributed by atoms with Gasteiger partial charge in [-0.25, -0.2) is 4.39 Å². The van der Waals surface area contributed by atoms with E-state index in [9.17, 15) is 14.0 Å². The highest BCUT2D eigenvalue weighted by molar-refractivity contribution is 8.18. The van der Waals surface area contributed by atoms with Gasteiger partial charge in [-0.1, -0.05) is 60.1 Å². The Morgan fingerprint density at radius 3 is 2.53 bits per heavy atom. The van der Waals surface area contributed by atoms with Gasteiger partial charge in [-0.3, -0.25) is 14.5 Å². The minimum atomic E-state index is -0.568. The molecule has 38 heavy (non-hydrogen) atoms. The molecule has 5 nitrogen and oxygen atoms in total. The number of halogens is 2. The van der Waals surface area contributed by atoms with Crippen LogP contribution < -0.4 is 9.47 Å². The normalized spacial score (nSPS) is 14.5. The van der Waals surface area contributed by atoms with Crippen LogP contribution in [0.4, 0.5) is 9.18 Å². The lowest BCUT2D eigenvalue weighted by Crippen LogP contribution is -2.28. The maximum atomic E-state index is 14.2. The molecule has 1 aliphatic rings. The Morgan fingerprint density at radius 1 is 0.921 bits per heavy atom. The third kappa shape index (κ3) is 5.54. The third-order valence-electron chi connectivity index (χ3n) is 6.03. The Balaban J connectivity index is 1.33.